The first kappa shape index (κ1) is 43.8. The van der Waals surface area contributed by atoms with Crippen molar-refractivity contribution >= 4 is 23.6 Å². The van der Waals surface area contributed by atoms with Crippen LogP contribution in [0, 0.1) is 0 Å². The second kappa shape index (κ2) is 37.9. The van der Waals surface area contributed by atoms with Crippen molar-refractivity contribution in [2.45, 2.75) is 14.4 Å². The molecule has 0 aromatic carbocycles. The fraction of sp³-hybridized carbons (Fsp3) is 0.826. The molecule has 0 radical (unpaired) electrons. The predicted molar refractivity (Wildman–Crippen MR) is 143 cm³/mol. The molecule has 16 nitrogen and oxygen atoms in total. The van der Waals surface area contributed by atoms with Crippen LogP contribution in [-0.4, -0.2) is 146 Å². The minimum Gasteiger partial charge on any atom is -0.480 e. The van der Waals surface area contributed by atoms with Crippen LogP contribution in [0.3, 0.4) is 0 Å². The number of amides is 1. The van der Waals surface area contributed by atoms with Crippen molar-refractivity contribution in [2.24, 2.45) is 11.5 Å². The topological polar surface area (TPSA) is 240 Å². The van der Waals surface area contributed by atoms with Crippen LogP contribution in [0.15, 0.2) is 0 Å². The van der Waals surface area contributed by atoms with Gasteiger partial charge >= 0.3 is 11.9 Å². The van der Waals surface area contributed by atoms with Crippen LogP contribution in [0.2, 0.25) is 0 Å². The summed E-state index contributed by atoms with van der Waals surface area (Å²) < 4.78 is 29.6. The minimum atomic E-state index is -1.03. The van der Waals surface area contributed by atoms with Crippen molar-refractivity contribution in [1.82, 2.24) is 10.6 Å². The largest absolute Gasteiger partial charge is 0.480 e. The van der Waals surface area contributed by atoms with Crippen molar-refractivity contribution in [3.05, 3.63) is 0 Å². The summed E-state index contributed by atoms with van der Waals surface area (Å²) in [6.45, 7) is 5.85. The van der Waals surface area contributed by atoms with Gasteiger partial charge in [-0.1, -0.05) is 7.43 Å². The van der Waals surface area contributed by atoms with Crippen LogP contribution in [0.5, 0.6) is 0 Å². The number of carboxylic acids is 2. The maximum absolute atomic E-state index is 11.2. The Morgan fingerprint density at radius 2 is 0.974 bits per heavy atom. The number of ether oxygens (including phenoxy) is 6. The smallest absolute Gasteiger partial charge is 0.329 e. The monoisotopic (exact) mass is 574 g/mol. The van der Waals surface area contributed by atoms with Crippen LogP contribution < -0.4 is 22.1 Å². The van der Waals surface area contributed by atoms with Crippen molar-refractivity contribution < 1.29 is 57.8 Å². The zero-order valence-electron chi connectivity index (χ0n) is 22.4. The molecule has 8 N–H and O–H groups in total. The van der Waals surface area contributed by atoms with Crippen molar-refractivity contribution in [1.29, 1.82) is 0 Å². The number of likely N-dealkylation sites (N-methyl/N-ethyl adjacent to an activating group) is 1. The van der Waals surface area contributed by atoms with E-state index in [1.54, 1.807) is 0 Å². The quantitative estimate of drug-likeness (QED) is 0.0665. The summed E-state index contributed by atoms with van der Waals surface area (Å²) in [5.41, 5.74) is 9.81. The second-order valence-corrected chi connectivity index (χ2v) is 6.96. The van der Waals surface area contributed by atoms with Gasteiger partial charge in [-0.2, -0.15) is 0 Å². The third-order valence-electron chi connectivity index (χ3n) is 3.34. The molecule has 0 saturated heterocycles. The Hall–Kier alpha value is -2.28. The first-order valence-corrected chi connectivity index (χ1v) is 11.9. The van der Waals surface area contributed by atoms with E-state index in [4.69, 9.17) is 40.6 Å². The lowest BCUT2D eigenvalue weighted by molar-refractivity contribution is -0.142. The lowest BCUT2D eigenvalue weighted by atomic mass is 10.5. The summed E-state index contributed by atoms with van der Waals surface area (Å²) in [6, 6.07) is 0. The van der Waals surface area contributed by atoms with Crippen LogP contribution in [0.4, 0.5) is 0 Å². The van der Waals surface area contributed by atoms with Crippen molar-refractivity contribution in [2.75, 3.05) is 113 Å². The van der Waals surface area contributed by atoms with Gasteiger partial charge in [0.15, 0.2) is 5.78 Å². The molecular weight excluding hydrogens is 524 g/mol. The molecule has 0 aromatic rings. The van der Waals surface area contributed by atoms with Gasteiger partial charge in [0.1, 0.15) is 26.4 Å². The van der Waals surface area contributed by atoms with E-state index in [0.29, 0.717) is 46.1 Å². The summed E-state index contributed by atoms with van der Waals surface area (Å²) in [5, 5.41) is 22.0. The number of hydrogen-bond acceptors (Lipinski definition) is 13. The number of carboxylic acid groups (broad SMARTS) is 2. The van der Waals surface area contributed by atoms with E-state index in [1.807, 2.05) is 7.05 Å². The number of rotatable bonds is 24. The Labute approximate surface area is 230 Å². The van der Waals surface area contributed by atoms with Gasteiger partial charge in [0.2, 0.25) is 5.91 Å². The molecular formula is C23H50N4O12. The molecule has 0 rings (SSSR count). The molecule has 39 heavy (non-hydrogen) atoms. The van der Waals surface area contributed by atoms with Crippen molar-refractivity contribution in [3.63, 3.8) is 0 Å². The predicted octanol–water partition coefficient (Wildman–Crippen LogP) is -2.29. The number of ketones is 1. The maximum Gasteiger partial charge on any atom is 0.329 e. The molecule has 0 aromatic heterocycles. The van der Waals surface area contributed by atoms with E-state index in [-0.39, 0.29) is 72.0 Å². The van der Waals surface area contributed by atoms with Crippen LogP contribution >= 0.6 is 0 Å². The number of hydrogen-bond donors (Lipinski definition) is 6. The molecule has 0 heterocycles. The van der Waals surface area contributed by atoms with Gasteiger partial charge in [0, 0.05) is 26.2 Å². The summed E-state index contributed by atoms with van der Waals surface area (Å²) in [5.74, 6) is -2.20. The number of carbonyl (C=O) groups excluding carboxylic acids is 2. The highest BCUT2D eigenvalue weighted by molar-refractivity contribution is 5.77. The summed E-state index contributed by atoms with van der Waals surface area (Å²) in [4.78, 5) is 41.7. The van der Waals surface area contributed by atoms with Crippen molar-refractivity contribution in [3.8, 4) is 0 Å². The third-order valence-corrected chi connectivity index (χ3v) is 3.34. The molecule has 0 unspecified atom stereocenters. The number of nitrogens with two attached hydrogens (primary N) is 2. The molecule has 234 valence electrons. The summed E-state index contributed by atoms with van der Waals surface area (Å²) in [6.07, 6.45) is 0. The molecule has 0 aliphatic heterocycles. The van der Waals surface area contributed by atoms with Gasteiger partial charge < -0.3 is 60.7 Å². The Morgan fingerprint density at radius 1 is 0.615 bits per heavy atom. The number of carbonyl (C=O) groups is 4. The Bertz CT molecular complexity index is 549. The first-order valence-electron chi connectivity index (χ1n) is 11.9. The van der Waals surface area contributed by atoms with Gasteiger partial charge in [0.25, 0.3) is 0 Å². The normalized spacial score (nSPS) is 9.74. The standard InChI is InChI=1S/C12H24N2O5.C8H14O7.C2H8N2.CH4/c1-11(15)9-18-7-5-17-6-8-19-10-12(16)14-4-3-13-2;9-7(10)5-14-3-1-13-2-4-15-6-8(11)12;3-1-2-4;/h13H,3-10H2,1-2H3,(H,14,16);1-6H2,(H,9,10)(H,11,12);1-4H2;1H4. The molecule has 0 aliphatic rings. The van der Waals surface area contributed by atoms with Gasteiger partial charge in [-0.25, -0.2) is 9.59 Å². The lowest BCUT2D eigenvalue weighted by Crippen LogP contribution is -2.33. The van der Waals surface area contributed by atoms with E-state index < -0.39 is 11.9 Å². The van der Waals surface area contributed by atoms with Gasteiger partial charge in [-0.05, 0) is 14.0 Å². The molecule has 0 spiro atoms. The summed E-state index contributed by atoms with van der Waals surface area (Å²) >= 11 is 0. The molecule has 0 bridgehead atoms. The van der Waals surface area contributed by atoms with Gasteiger partial charge in [-0.15, -0.1) is 0 Å². The Balaban J connectivity index is -0.000000275. The van der Waals surface area contributed by atoms with E-state index in [0.717, 1.165) is 6.54 Å². The fourth-order valence-corrected chi connectivity index (χ4v) is 1.75. The Morgan fingerprint density at radius 3 is 1.31 bits per heavy atom. The molecule has 0 atom stereocenters. The van der Waals surface area contributed by atoms with Gasteiger partial charge in [-0.3, -0.25) is 9.59 Å². The molecule has 0 saturated carbocycles. The highest BCUT2D eigenvalue weighted by atomic mass is 16.6. The number of aliphatic carboxylic acids is 2. The first-order chi connectivity index (χ1) is 18.2. The lowest BCUT2D eigenvalue weighted by Gasteiger charge is -2.07. The van der Waals surface area contributed by atoms with Crippen LogP contribution in [0.25, 0.3) is 0 Å². The highest BCUT2D eigenvalue weighted by Gasteiger charge is 2.00. The molecule has 16 heteroatoms. The third kappa shape index (κ3) is 52.9. The number of nitrogens with one attached hydrogen (secondary N) is 2. The second-order valence-electron chi connectivity index (χ2n) is 6.96. The van der Waals surface area contributed by atoms with E-state index in [2.05, 4.69) is 20.1 Å². The van der Waals surface area contributed by atoms with E-state index in [9.17, 15) is 19.2 Å². The molecule has 0 fully saturated rings. The average Bonchev–Trinajstić information content (AvgIpc) is 2.87. The fourth-order valence-electron chi connectivity index (χ4n) is 1.75. The average molecular weight is 575 g/mol. The maximum atomic E-state index is 11.2. The highest BCUT2D eigenvalue weighted by Crippen LogP contribution is 1.83. The zero-order chi connectivity index (χ0) is 29.3. The number of Topliss-reactive ketones (excluding diaryl/α,β-unsaturated/α-hetero) is 1. The SMILES string of the molecule is C.CNCCNC(=O)COCCOCCOCC(C)=O.NCCN.O=C(O)COCCOCCOCC(=O)O. The summed E-state index contributed by atoms with van der Waals surface area (Å²) in [7, 11) is 1.82. The zero-order valence-corrected chi connectivity index (χ0v) is 22.4. The van der Waals surface area contributed by atoms with E-state index >= 15 is 0 Å². The minimum absolute atomic E-state index is 0. The van der Waals surface area contributed by atoms with Crippen LogP contribution in [-0.2, 0) is 47.6 Å². The van der Waals surface area contributed by atoms with Crippen LogP contribution in [0.1, 0.15) is 14.4 Å². The van der Waals surface area contributed by atoms with E-state index in [1.165, 1.54) is 6.92 Å². The molecule has 0 aliphatic carbocycles. The van der Waals surface area contributed by atoms with Gasteiger partial charge in [0.05, 0.1) is 52.9 Å². The Kier molecular flexibility index (Phi) is 42.5. The molecule has 1 amide bonds.